The molecule has 27 heavy (non-hydrogen) atoms. The highest BCUT2D eigenvalue weighted by Gasteiger charge is 2.27. The normalized spacial score (nSPS) is 18.9. The number of hydrogen-bond acceptors (Lipinski definition) is 5. The molecule has 0 saturated carbocycles. The summed E-state index contributed by atoms with van der Waals surface area (Å²) in [5.41, 5.74) is 10.2. The van der Waals surface area contributed by atoms with Gasteiger partial charge in [0, 0.05) is 18.7 Å². The molecule has 1 aliphatic carbocycles. The molecule has 0 aliphatic heterocycles. The van der Waals surface area contributed by atoms with Crippen molar-refractivity contribution in [2.24, 2.45) is 10.7 Å². The van der Waals surface area contributed by atoms with Crippen molar-refractivity contribution in [1.82, 2.24) is 0 Å². The number of anilines is 1. The average Bonchev–Trinajstić information content (AvgIpc) is 2.95. The summed E-state index contributed by atoms with van der Waals surface area (Å²) in [6.45, 7) is 2.57. The number of methoxy groups -OCH3 is 2. The van der Waals surface area contributed by atoms with Crippen LogP contribution in [0.2, 0.25) is 0 Å². The van der Waals surface area contributed by atoms with E-state index in [2.05, 4.69) is 10.3 Å². The Balaban J connectivity index is 1.63. The number of benzene rings is 2. The van der Waals surface area contributed by atoms with Crippen LogP contribution in [0.4, 0.5) is 5.69 Å². The molecular weight excluding hydrogens is 342 g/mol. The van der Waals surface area contributed by atoms with Crippen molar-refractivity contribution in [3.05, 3.63) is 53.1 Å². The first-order chi connectivity index (χ1) is 13.0. The minimum atomic E-state index is -0.497. The van der Waals surface area contributed by atoms with Crippen LogP contribution in [0.25, 0.3) is 0 Å². The fourth-order valence-corrected chi connectivity index (χ4v) is 3.47. The van der Waals surface area contributed by atoms with Crippen molar-refractivity contribution < 1.29 is 14.6 Å². The fourth-order valence-electron chi connectivity index (χ4n) is 3.47. The summed E-state index contributed by atoms with van der Waals surface area (Å²) in [5.74, 6) is 2.31. The van der Waals surface area contributed by atoms with Crippen LogP contribution in [0.15, 0.2) is 41.4 Å². The van der Waals surface area contributed by atoms with E-state index in [0.29, 0.717) is 13.0 Å². The highest BCUT2D eigenvalue weighted by atomic mass is 16.5. The summed E-state index contributed by atoms with van der Waals surface area (Å²) in [6, 6.07) is 11.5. The van der Waals surface area contributed by atoms with Gasteiger partial charge in [-0.1, -0.05) is 18.2 Å². The van der Waals surface area contributed by atoms with Crippen LogP contribution >= 0.6 is 0 Å². The van der Waals surface area contributed by atoms with Gasteiger partial charge in [-0.05, 0) is 48.2 Å². The zero-order valence-corrected chi connectivity index (χ0v) is 16.0. The molecule has 144 valence electrons. The lowest BCUT2D eigenvalue weighted by atomic mass is 10.1. The Morgan fingerprint density at radius 2 is 2.07 bits per heavy atom. The van der Waals surface area contributed by atoms with Gasteiger partial charge in [-0.15, -0.1) is 0 Å². The molecule has 0 bridgehead atoms. The average molecular weight is 369 g/mol. The second kappa shape index (κ2) is 8.41. The second-order valence-electron chi connectivity index (χ2n) is 6.71. The van der Waals surface area contributed by atoms with Crippen molar-refractivity contribution in [2.45, 2.75) is 31.9 Å². The first-order valence-corrected chi connectivity index (χ1v) is 9.08. The van der Waals surface area contributed by atoms with E-state index in [1.165, 1.54) is 0 Å². The Kier molecular flexibility index (Phi) is 5.98. The summed E-state index contributed by atoms with van der Waals surface area (Å²) in [7, 11) is 3.28. The van der Waals surface area contributed by atoms with Crippen LogP contribution in [-0.2, 0) is 12.8 Å². The zero-order valence-electron chi connectivity index (χ0n) is 16.0. The third-order valence-electron chi connectivity index (χ3n) is 4.89. The molecule has 6 heteroatoms. The molecule has 0 amide bonds. The highest BCUT2D eigenvalue weighted by Crippen LogP contribution is 2.32. The van der Waals surface area contributed by atoms with E-state index >= 15 is 0 Å². The first-order valence-electron chi connectivity index (χ1n) is 9.08. The molecular formula is C21H27N3O3. The smallest absolute Gasteiger partial charge is 0.163 e. The molecule has 2 aromatic carbocycles. The molecule has 0 unspecified atom stereocenters. The summed E-state index contributed by atoms with van der Waals surface area (Å²) in [6.07, 6.45) is 0.871. The predicted octanol–water partition coefficient (Wildman–Crippen LogP) is 2.69. The number of aliphatic imine (C=N–C) groups is 1. The van der Waals surface area contributed by atoms with E-state index in [9.17, 15) is 5.11 Å². The maximum absolute atomic E-state index is 9.91. The van der Waals surface area contributed by atoms with Crippen LogP contribution in [-0.4, -0.2) is 37.8 Å². The monoisotopic (exact) mass is 369 g/mol. The minimum absolute atomic E-state index is 0.320. The van der Waals surface area contributed by atoms with Crippen LogP contribution in [0.5, 0.6) is 11.5 Å². The minimum Gasteiger partial charge on any atom is -0.493 e. The Morgan fingerprint density at radius 3 is 2.81 bits per heavy atom. The van der Waals surface area contributed by atoms with Gasteiger partial charge in [0.15, 0.2) is 11.5 Å². The molecule has 6 nitrogen and oxygen atoms in total. The van der Waals surface area contributed by atoms with E-state index in [-0.39, 0.29) is 6.04 Å². The van der Waals surface area contributed by atoms with E-state index in [1.54, 1.807) is 14.2 Å². The molecule has 4 N–H and O–H groups in total. The van der Waals surface area contributed by atoms with Crippen LogP contribution < -0.4 is 20.5 Å². The van der Waals surface area contributed by atoms with E-state index in [1.807, 2.05) is 43.3 Å². The summed E-state index contributed by atoms with van der Waals surface area (Å²) < 4.78 is 10.8. The number of ether oxygens (including phenoxy) is 2. The molecule has 0 heterocycles. The number of nitrogens with one attached hydrogen (secondary N) is 1. The summed E-state index contributed by atoms with van der Waals surface area (Å²) in [5, 5.41) is 13.2. The zero-order chi connectivity index (χ0) is 19.4. The maximum atomic E-state index is 9.91. The largest absolute Gasteiger partial charge is 0.493 e. The lowest BCUT2D eigenvalue weighted by Gasteiger charge is -2.12. The van der Waals surface area contributed by atoms with Crippen molar-refractivity contribution in [3.63, 3.8) is 0 Å². The van der Waals surface area contributed by atoms with Crippen molar-refractivity contribution in [3.8, 4) is 11.5 Å². The third-order valence-corrected chi connectivity index (χ3v) is 4.89. The Bertz CT molecular complexity index is 835. The van der Waals surface area contributed by atoms with Crippen LogP contribution in [0.1, 0.15) is 29.7 Å². The van der Waals surface area contributed by atoms with Gasteiger partial charge >= 0.3 is 0 Å². The molecule has 0 spiro atoms. The lowest BCUT2D eigenvalue weighted by Crippen LogP contribution is -2.21. The van der Waals surface area contributed by atoms with Gasteiger partial charge in [-0.3, -0.25) is 4.99 Å². The van der Waals surface area contributed by atoms with E-state index in [0.717, 1.165) is 46.1 Å². The summed E-state index contributed by atoms with van der Waals surface area (Å²) >= 11 is 0. The number of nitrogens with two attached hydrogens (primary N) is 1. The number of para-hydroxylation sites is 1. The van der Waals surface area contributed by atoms with Gasteiger partial charge in [-0.2, -0.15) is 0 Å². The van der Waals surface area contributed by atoms with E-state index in [4.69, 9.17) is 15.2 Å². The van der Waals surface area contributed by atoms with Crippen LogP contribution in [0.3, 0.4) is 0 Å². The molecule has 1 aliphatic rings. The predicted molar refractivity (Wildman–Crippen MR) is 108 cm³/mol. The van der Waals surface area contributed by atoms with E-state index < -0.39 is 6.10 Å². The number of hydrogen-bond donors (Lipinski definition) is 3. The Morgan fingerprint density at radius 1 is 1.26 bits per heavy atom. The number of amidine groups is 1. The number of aliphatic hydroxyl groups is 1. The second-order valence-corrected chi connectivity index (χ2v) is 6.71. The molecule has 0 fully saturated rings. The number of nitrogens with zero attached hydrogens (tertiary/aromatic N) is 1. The standard InChI is InChI=1S/C21H27N3O3/c1-13(23-10-9-14-5-4-6-19(26-2)21(14)27-3)24-16-8-7-15-11-18(25)20(22)17(15)12-16/h4-8,12,18,20,25H,9-11,22H2,1-3H3,(H,23,24)/t18-,20-/m1/s1. The van der Waals surface area contributed by atoms with Gasteiger partial charge in [0.05, 0.1) is 32.2 Å². The quantitative estimate of drug-likeness (QED) is 0.538. The Labute approximate surface area is 160 Å². The molecule has 0 aromatic heterocycles. The van der Waals surface area contributed by atoms with Gasteiger partial charge in [0.25, 0.3) is 0 Å². The number of fused-ring (bicyclic) bond motifs is 1. The van der Waals surface area contributed by atoms with Gasteiger partial charge in [0.2, 0.25) is 0 Å². The molecule has 2 aromatic rings. The maximum Gasteiger partial charge on any atom is 0.163 e. The first kappa shape index (κ1) is 19.2. The van der Waals surface area contributed by atoms with Crippen molar-refractivity contribution in [2.75, 3.05) is 26.1 Å². The van der Waals surface area contributed by atoms with Crippen molar-refractivity contribution in [1.29, 1.82) is 0 Å². The fraction of sp³-hybridized carbons (Fsp3) is 0.381. The van der Waals surface area contributed by atoms with Gasteiger partial charge in [-0.25, -0.2) is 0 Å². The SMILES string of the molecule is COc1cccc(CCN=C(C)Nc2ccc3c(c2)[C@@H](N)[C@H](O)C3)c1OC. The molecule has 3 rings (SSSR count). The number of aliphatic hydroxyl groups excluding tert-OH is 1. The van der Waals surface area contributed by atoms with Crippen LogP contribution in [0, 0.1) is 0 Å². The molecule has 0 radical (unpaired) electrons. The lowest BCUT2D eigenvalue weighted by molar-refractivity contribution is 0.158. The molecule has 0 saturated heterocycles. The number of rotatable bonds is 6. The topological polar surface area (TPSA) is 89.1 Å². The third kappa shape index (κ3) is 4.23. The summed E-state index contributed by atoms with van der Waals surface area (Å²) in [4.78, 5) is 4.60. The van der Waals surface area contributed by atoms with Crippen molar-refractivity contribution >= 4 is 11.5 Å². The van der Waals surface area contributed by atoms with Gasteiger partial charge in [0.1, 0.15) is 0 Å². The van der Waals surface area contributed by atoms with Gasteiger partial charge < -0.3 is 25.6 Å². The molecule has 2 atom stereocenters. The Hall–Kier alpha value is -2.57. The highest BCUT2D eigenvalue weighted by molar-refractivity contribution is 5.93.